The molecule has 2 saturated heterocycles. The highest BCUT2D eigenvalue weighted by Crippen LogP contribution is 2.15. The first-order chi connectivity index (χ1) is 11.0. The Hall–Kier alpha value is -0.850. The SMILES string of the molecule is CN=C(NCC1CCCN(C)C1)NCC(C)(C)N1CCOCC1. The van der Waals surface area contributed by atoms with Crippen LogP contribution in [0.3, 0.4) is 0 Å². The van der Waals surface area contributed by atoms with Crippen molar-refractivity contribution in [3.8, 4) is 0 Å². The van der Waals surface area contributed by atoms with Gasteiger partial charge in [0.2, 0.25) is 0 Å². The van der Waals surface area contributed by atoms with Crippen molar-refractivity contribution in [3.63, 3.8) is 0 Å². The quantitative estimate of drug-likeness (QED) is 0.573. The summed E-state index contributed by atoms with van der Waals surface area (Å²) in [6, 6.07) is 0. The van der Waals surface area contributed by atoms with Gasteiger partial charge in [0, 0.05) is 45.3 Å². The molecule has 0 aromatic heterocycles. The molecule has 0 amide bonds. The Morgan fingerprint density at radius 2 is 1.96 bits per heavy atom. The molecular weight excluding hydrogens is 290 g/mol. The van der Waals surface area contributed by atoms with Crippen LogP contribution in [0.5, 0.6) is 0 Å². The second-order valence-corrected chi connectivity index (χ2v) is 7.49. The maximum Gasteiger partial charge on any atom is 0.191 e. The molecule has 6 nitrogen and oxygen atoms in total. The van der Waals surface area contributed by atoms with E-state index in [-0.39, 0.29) is 5.54 Å². The van der Waals surface area contributed by atoms with E-state index in [0.717, 1.165) is 51.3 Å². The normalized spacial score (nSPS) is 25.4. The first-order valence-electron chi connectivity index (χ1n) is 8.97. The molecule has 134 valence electrons. The average molecular weight is 326 g/mol. The summed E-state index contributed by atoms with van der Waals surface area (Å²) in [7, 11) is 4.06. The topological polar surface area (TPSA) is 52.1 Å². The molecule has 2 aliphatic heterocycles. The molecule has 6 heteroatoms. The van der Waals surface area contributed by atoms with E-state index >= 15 is 0 Å². The van der Waals surface area contributed by atoms with Crippen LogP contribution in [-0.4, -0.2) is 87.9 Å². The maximum atomic E-state index is 5.45. The minimum absolute atomic E-state index is 0.104. The fourth-order valence-corrected chi connectivity index (χ4v) is 3.48. The van der Waals surface area contributed by atoms with Gasteiger partial charge in [0.25, 0.3) is 0 Å². The van der Waals surface area contributed by atoms with Gasteiger partial charge in [-0.1, -0.05) is 0 Å². The molecule has 1 atom stereocenters. The Morgan fingerprint density at radius 3 is 2.61 bits per heavy atom. The molecular formula is C17H35N5O. The number of likely N-dealkylation sites (tertiary alicyclic amines) is 1. The highest BCUT2D eigenvalue weighted by Gasteiger charge is 2.28. The van der Waals surface area contributed by atoms with Crippen LogP contribution in [0.25, 0.3) is 0 Å². The summed E-state index contributed by atoms with van der Waals surface area (Å²) in [5.74, 6) is 1.64. The lowest BCUT2D eigenvalue weighted by molar-refractivity contribution is -0.00834. The Bertz CT molecular complexity index is 379. The second kappa shape index (κ2) is 8.85. The van der Waals surface area contributed by atoms with Crippen molar-refractivity contribution >= 4 is 5.96 Å². The van der Waals surface area contributed by atoms with Gasteiger partial charge in [-0.15, -0.1) is 0 Å². The minimum Gasteiger partial charge on any atom is -0.379 e. The van der Waals surface area contributed by atoms with Crippen molar-refractivity contribution in [2.75, 3.05) is 66.6 Å². The largest absolute Gasteiger partial charge is 0.379 e. The van der Waals surface area contributed by atoms with Crippen LogP contribution in [0.1, 0.15) is 26.7 Å². The van der Waals surface area contributed by atoms with Crippen LogP contribution in [0, 0.1) is 5.92 Å². The van der Waals surface area contributed by atoms with Crippen LogP contribution in [0.4, 0.5) is 0 Å². The first-order valence-corrected chi connectivity index (χ1v) is 8.97. The van der Waals surface area contributed by atoms with Crippen LogP contribution in [0.15, 0.2) is 4.99 Å². The number of ether oxygens (including phenoxy) is 1. The van der Waals surface area contributed by atoms with Gasteiger partial charge in [-0.05, 0) is 46.2 Å². The van der Waals surface area contributed by atoms with Gasteiger partial charge in [-0.25, -0.2) is 0 Å². The van der Waals surface area contributed by atoms with Gasteiger partial charge in [0.15, 0.2) is 5.96 Å². The number of nitrogens with one attached hydrogen (secondary N) is 2. The zero-order valence-electron chi connectivity index (χ0n) is 15.4. The lowest BCUT2D eigenvalue weighted by Gasteiger charge is -2.41. The van der Waals surface area contributed by atoms with Gasteiger partial charge < -0.3 is 20.3 Å². The molecule has 0 spiro atoms. The molecule has 0 aliphatic carbocycles. The molecule has 2 N–H and O–H groups in total. The van der Waals surface area contributed by atoms with Crippen LogP contribution < -0.4 is 10.6 Å². The molecule has 2 aliphatic rings. The molecule has 2 rings (SSSR count). The van der Waals surface area contributed by atoms with Gasteiger partial charge >= 0.3 is 0 Å². The summed E-state index contributed by atoms with van der Waals surface area (Å²) < 4.78 is 5.45. The summed E-state index contributed by atoms with van der Waals surface area (Å²) in [5.41, 5.74) is 0.104. The summed E-state index contributed by atoms with van der Waals surface area (Å²) in [6.45, 7) is 12.6. The smallest absolute Gasteiger partial charge is 0.191 e. The molecule has 0 saturated carbocycles. The summed E-state index contributed by atoms with van der Waals surface area (Å²) in [4.78, 5) is 9.29. The number of rotatable bonds is 5. The molecule has 2 fully saturated rings. The third-order valence-corrected chi connectivity index (χ3v) is 5.06. The monoisotopic (exact) mass is 325 g/mol. The Kier molecular flexibility index (Phi) is 7.11. The van der Waals surface area contributed by atoms with E-state index < -0.39 is 0 Å². The minimum atomic E-state index is 0.104. The average Bonchev–Trinajstić information content (AvgIpc) is 2.56. The Morgan fingerprint density at radius 1 is 1.22 bits per heavy atom. The zero-order chi connectivity index (χ0) is 16.7. The first kappa shape index (κ1) is 18.5. The number of hydrogen-bond acceptors (Lipinski definition) is 4. The van der Waals surface area contributed by atoms with Gasteiger partial charge in [-0.2, -0.15) is 0 Å². The summed E-state index contributed by atoms with van der Waals surface area (Å²) in [6.07, 6.45) is 2.62. The van der Waals surface area contributed by atoms with E-state index in [1.165, 1.54) is 25.9 Å². The molecule has 0 aromatic rings. The van der Waals surface area contributed by atoms with Gasteiger partial charge in [0.1, 0.15) is 0 Å². The van der Waals surface area contributed by atoms with Gasteiger partial charge in [-0.3, -0.25) is 9.89 Å². The van der Waals surface area contributed by atoms with E-state index in [1.807, 2.05) is 7.05 Å². The van der Waals surface area contributed by atoms with E-state index in [9.17, 15) is 0 Å². The third-order valence-electron chi connectivity index (χ3n) is 5.06. The molecule has 2 heterocycles. The van der Waals surface area contributed by atoms with Crippen molar-refractivity contribution in [3.05, 3.63) is 0 Å². The number of hydrogen-bond donors (Lipinski definition) is 2. The predicted octanol–water partition coefficient (Wildman–Crippen LogP) is 0.604. The van der Waals surface area contributed by atoms with E-state index in [2.05, 4.69) is 46.3 Å². The van der Waals surface area contributed by atoms with Crippen molar-refractivity contribution in [2.45, 2.75) is 32.2 Å². The number of aliphatic imine (C=N–C) groups is 1. The van der Waals surface area contributed by atoms with Crippen molar-refractivity contribution < 1.29 is 4.74 Å². The lowest BCUT2D eigenvalue weighted by atomic mass is 9.98. The molecule has 1 unspecified atom stereocenters. The highest BCUT2D eigenvalue weighted by molar-refractivity contribution is 5.79. The van der Waals surface area contributed by atoms with Gasteiger partial charge in [0.05, 0.1) is 13.2 Å². The fraction of sp³-hybridized carbons (Fsp3) is 0.941. The zero-order valence-corrected chi connectivity index (χ0v) is 15.4. The van der Waals surface area contributed by atoms with E-state index in [0.29, 0.717) is 0 Å². The van der Waals surface area contributed by atoms with E-state index in [4.69, 9.17) is 4.74 Å². The van der Waals surface area contributed by atoms with Crippen molar-refractivity contribution in [1.82, 2.24) is 20.4 Å². The van der Waals surface area contributed by atoms with Crippen LogP contribution in [-0.2, 0) is 4.74 Å². The molecule has 0 bridgehead atoms. The lowest BCUT2D eigenvalue weighted by Crippen LogP contribution is -2.56. The molecule has 0 radical (unpaired) electrons. The third kappa shape index (κ3) is 5.94. The fourth-order valence-electron chi connectivity index (χ4n) is 3.48. The second-order valence-electron chi connectivity index (χ2n) is 7.49. The van der Waals surface area contributed by atoms with Crippen LogP contribution in [0.2, 0.25) is 0 Å². The molecule has 0 aromatic carbocycles. The standard InChI is InChI=1S/C17H35N5O/c1-17(2,22-8-10-23-11-9-22)14-20-16(18-3)19-12-15-6-5-7-21(4)13-15/h15H,5-14H2,1-4H3,(H2,18,19,20). The Balaban J connectivity index is 1.73. The van der Waals surface area contributed by atoms with E-state index in [1.54, 1.807) is 0 Å². The van der Waals surface area contributed by atoms with Crippen molar-refractivity contribution in [2.24, 2.45) is 10.9 Å². The molecule has 23 heavy (non-hydrogen) atoms. The summed E-state index contributed by atoms with van der Waals surface area (Å²) >= 11 is 0. The van der Waals surface area contributed by atoms with Crippen molar-refractivity contribution in [1.29, 1.82) is 0 Å². The Labute approximate surface area is 141 Å². The number of morpholine rings is 1. The maximum absolute atomic E-state index is 5.45. The predicted molar refractivity (Wildman–Crippen MR) is 96.1 cm³/mol. The number of nitrogens with zero attached hydrogens (tertiary/aromatic N) is 3. The van der Waals surface area contributed by atoms with Crippen LogP contribution >= 0.6 is 0 Å². The number of guanidine groups is 1. The summed E-state index contributed by atoms with van der Waals surface area (Å²) in [5, 5.41) is 7.00. The highest BCUT2D eigenvalue weighted by atomic mass is 16.5. The number of piperidine rings is 1.